The van der Waals surface area contributed by atoms with Crippen LogP contribution in [-0.2, 0) is 6.54 Å². The minimum absolute atomic E-state index is 0.109. The van der Waals surface area contributed by atoms with E-state index in [1.54, 1.807) is 36.4 Å². The minimum atomic E-state index is -0.754. The third kappa shape index (κ3) is 3.04. The van der Waals surface area contributed by atoms with Gasteiger partial charge in [0.15, 0.2) is 0 Å². The molecule has 9 heteroatoms. The molecule has 3 rings (SSSR count). The molecule has 0 saturated heterocycles. The Bertz CT molecular complexity index is 1000. The zero-order valence-electron chi connectivity index (χ0n) is 12.1. The largest absolute Gasteiger partial charge is 0.376 e. The number of halogens is 2. The number of nitro groups is 1. The van der Waals surface area contributed by atoms with E-state index in [1.807, 2.05) is 0 Å². The highest BCUT2D eigenvalue weighted by atomic mass is 35.5. The fraction of sp³-hybridized carbons (Fsp3) is 0.0667. The van der Waals surface area contributed by atoms with Crippen LogP contribution in [0, 0.1) is 10.1 Å². The summed E-state index contributed by atoms with van der Waals surface area (Å²) in [6.45, 7) is 0.159. The van der Waals surface area contributed by atoms with E-state index in [1.165, 1.54) is 6.20 Å². The Labute approximate surface area is 145 Å². The first-order valence-corrected chi connectivity index (χ1v) is 7.56. The van der Waals surface area contributed by atoms with Crippen molar-refractivity contribution in [3.05, 3.63) is 78.7 Å². The lowest BCUT2D eigenvalue weighted by Crippen LogP contribution is -2.21. The van der Waals surface area contributed by atoms with Gasteiger partial charge in [-0.1, -0.05) is 35.3 Å². The van der Waals surface area contributed by atoms with Crippen molar-refractivity contribution < 1.29 is 4.92 Å². The Hall–Kier alpha value is -2.64. The van der Waals surface area contributed by atoms with Gasteiger partial charge in [0.2, 0.25) is 5.82 Å². The van der Waals surface area contributed by atoms with E-state index in [9.17, 15) is 14.9 Å². The van der Waals surface area contributed by atoms with Crippen LogP contribution in [0.15, 0.2) is 47.4 Å². The molecule has 1 N–H and O–H groups in total. The van der Waals surface area contributed by atoms with Crippen LogP contribution in [-0.4, -0.2) is 14.3 Å². The van der Waals surface area contributed by atoms with Gasteiger partial charge in [0.05, 0.1) is 4.92 Å². The highest BCUT2D eigenvalue weighted by molar-refractivity contribution is 6.35. The van der Waals surface area contributed by atoms with Gasteiger partial charge in [0.25, 0.3) is 0 Å². The van der Waals surface area contributed by atoms with Gasteiger partial charge < -0.3 is 5.32 Å². The van der Waals surface area contributed by atoms with Gasteiger partial charge in [-0.2, -0.15) is 0 Å². The molecule has 0 aliphatic heterocycles. The number of hydrogen-bond acceptors (Lipinski definition) is 5. The maximum Gasteiger partial charge on any atom is 0.376 e. The van der Waals surface area contributed by atoms with E-state index >= 15 is 0 Å². The Morgan fingerprint density at radius 1 is 1.25 bits per heavy atom. The molecule has 2 heterocycles. The molecule has 0 radical (unpaired) electrons. The second-order valence-corrected chi connectivity index (χ2v) is 5.73. The molecule has 0 bridgehead atoms. The number of hydrogen-bond donors (Lipinski definition) is 1. The number of nitrogens with zero attached hydrogens (tertiary/aromatic N) is 3. The molecule has 0 saturated carbocycles. The molecule has 0 aliphatic carbocycles. The number of rotatable bonds is 4. The van der Waals surface area contributed by atoms with Crippen molar-refractivity contribution in [3.63, 3.8) is 0 Å². The summed E-state index contributed by atoms with van der Waals surface area (Å²) in [6.07, 6.45) is 1.43. The number of aromatic nitrogens is 2. The van der Waals surface area contributed by atoms with Gasteiger partial charge in [-0.25, -0.2) is 4.98 Å². The summed E-state index contributed by atoms with van der Waals surface area (Å²) in [6, 6.07) is 9.79. The molecule has 0 unspecified atom stereocenters. The molecule has 0 fully saturated rings. The Kier molecular flexibility index (Phi) is 4.37. The molecule has 0 amide bonds. The topological polar surface area (TPSA) is 89.5 Å². The van der Waals surface area contributed by atoms with Crippen molar-refractivity contribution in [1.82, 2.24) is 9.38 Å². The SMILES string of the molecule is O=c1c([N+](=O)[O-])c(NCc2ccc(Cl)cc2Cl)nc2ccccn12. The van der Waals surface area contributed by atoms with Crippen molar-refractivity contribution in [2.24, 2.45) is 0 Å². The summed E-state index contributed by atoms with van der Waals surface area (Å²) >= 11 is 11.9. The van der Waals surface area contributed by atoms with E-state index in [0.29, 0.717) is 21.3 Å². The van der Waals surface area contributed by atoms with Gasteiger partial charge in [-0.15, -0.1) is 0 Å². The second-order valence-electron chi connectivity index (χ2n) is 4.89. The van der Waals surface area contributed by atoms with Crippen LogP contribution in [0.5, 0.6) is 0 Å². The van der Waals surface area contributed by atoms with Crippen LogP contribution >= 0.6 is 23.2 Å². The molecule has 1 aromatic carbocycles. The molecule has 2 aromatic heterocycles. The number of nitrogens with one attached hydrogen (secondary N) is 1. The Morgan fingerprint density at radius 3 is 2.75 bits per heavy atom. The van der Waals surface area contributed by atoms with Crippen LogP contribution in [0.3, 0.4) is 0 Å². The van der Waals surface area contributed by atoms with Crippen LogP contribution in [0.2, 0.25) is 10.0 Å². The standard InChI is InChI=1S/C15H10Cl2N4O3/c16-10-5-4-9(11(17)7-10)8-18-14-13(21(23)24)15(22)20-6-2-1-3-12(20)19-14/h1-7,18H,8H2. The highest BCUT2D eigenvalue weighted by Gasteiger charge is 2.23. The molecular weight excluding hydrogens is 355 g/mol. The fourth-order valence-electron chi connectivity index (χ4n) is 2.21. The second kappa shape index (κ2) is 6.46. The fourth-order valence-corrected chi connectivity index (χ4v) is 2.69. The number of anilines is 1. The Balaban J connectivity index is 2.03. The zero-order chi connectivity index (χ0) is 17.3. The highest BCUT2D eigenvalue weighted by Crippen LogP contribution is 2.23. The maximum absolute atomic E-state index is 12.3. The predicted molar refractivity (Wildman–Crippen MR) is 91.9 cm³/mol. The van der Waals surface area contributed by atoms with Crippen molar-refractivity contribution in [2.75, 3.05) is 5.32 Å². The van der Waals surface area contributed by atoms with Crippen LogP contribution < -0.4 is 10.9 Å². The van der Waals surface area contributed by atoms with Gasteiger partial charge >= 0.3 is 11.2 Å². The summed E-state index contributed by atoms with van der Waals surface area (Å²) in [7, 11) is 0. The van der Waals surface area contributed by atoms with E-state index in [0.717, 1.165) is 4.40 Å². The molecular formula is C15H10Cl2N4O3. The quantitative estimate of drug-likeness (QED) is 0.564. The molecule has 24 heavy (non-hydrogen) atoms. The molecule has 122 valence electrons. The summed E-state index contributed by atoms with van der Waals surface area (Å²) in [5.41, 5.74) is -0.401. The summed E-state index contributed by atoms with van der Waals surface area (Å²) in [5, 5.41) is 15.0. The predicted octanol–water partition coefficient (Wildman–Crippen LogP) is 3.52. The molecule has 0 aliphatic rings. The summed E-state index contributed by atoms with van der Waals surface area (Å²) in [4.78, 5) is 27.0. The first kappa shape index (κ1) is 16.2. The molecule has 3 aromatic rings. The van der Waals surface area contributed by atoms with Gasteiger partial charge in [-0.3, -0.25) is 19.3 Å². The van der Waals surface area contributed by atoms with Crippen LogP contribution in [0.1, 0.15) is 5.56 Å². The van der Waals surface area contributed by atoms with Crippen molar-refractivity contribution >= 4 is 40.4 Å². The lowest BCUT2D eigenvalue weighted by Gasteiger charge is -2.09. The Morgan fingerprint density at radius 2 is 2.04 bits per heavy atom. The third-order valence-electron chi connectivity index (χ3n) is 3.35. The van der Waals surface area contributed by atoms with Gasteiger partial charge in [-0.05, 0) is 29.8 Å². The lowest BCUT2D eigenvalue weighted by molar-refractivity contribution is -0.385. The first-order valence-electron chi connectivity index (χ1n) is 6.81. The number of fused-ring (bicyclic) bond motifs is 1. The van der Waals surface area contributed by atoms with Crippen molar-refractivity contribution in [2.45, 2.75) is 6.54 Å². The maximum atomic E-state index is 12.3. The third-order valence-corrected chi connectivity index (χ3v) is 3.94. The minimum Gasteiger partial charge on any atom is -0.360 e. The van der Waals surface area contributed by atoms with E-state index in [2.05, 4.69) is 10.3 Å². The van der Waals surface area contributed by atoms with Gasteiger partial charge in [0, 0.05) is 22.8 Å². The molecule has 0 atom stereocenters. The normalized spacial score (nSPS) is 10.8. The monoisotopic (exact) mass is 364 g/mol. The van der Waals surface area contributed by atoms with Crippen LogP contribution in [0.25, 0.3) is 5.65 Å². The summed E-state index contributed by atoms with van der Waals surface area (Å²) < 4.78 is 1.12. The van der Waals surface area contributed by atoms with Crippen LogP contribution in [0.4, 0.5) is 11.5 Å². The number of pyridine rings is 1. The van der Waals surface area contributed by atoms with Gasteiger partial charge in [0.1, 0.15) is 5.65 Å². The van der Waals surface area contributed by atoms with E-state index < -0.39 is 16.2 Å². The van der Waals surface area contributed by atoms with Crippen molar-refractivity contribution in [3.8, 4) is 0 Å². The van der Waals surface area contributed by atoms with E-state index in [4.69, 9.17) is 23.2 Å². The first-order chi connectivity index (χ1) is 11.5. The lowest BCUT2D eigenvalue weighted by atomic mass is 10.2. The number of benzene rings is 1. The average Bonchev–Trinajstić information content (AvgIpc) is 2.54. The van der Waals surface area contributed by atoms with E-state index in [-0.39, 0.29) is 12.4 Å². The summed E-state index contributed by atoms with van der Waals surface area (Å²) in [5.74, 6) is -0.109. The molecule has 7 nitrogen and oxygen atoms in total. The average molecular weight is 365 g/mol. The van der Waals surface area contributed by atoms with Crippen molar-refractivity contribution in [1.29, 1.82) is 0 Å². The molecule has 0 spiro atoms. The smallest absolute Gasteiger partial charge is 0.360 e. The zero-order valence-corrected chi connectivity index (χ0v) is 13.6.